The normalized spacial score (nSPS) is 14.1. The molecule has 0 unspecified atom stereocenters. The average Bonchev–Trinajstić information content (AvgIpc) is 3.21. The average molecular weight is 329 g/mol. The highest BCUT2D eigenvalue weighted by Gasteiger charge is 2.30. The van der Waals surface area contributed by atoms with E-state index in [9.17, 15) is 4.79 Å². The maximum Gasteiger partial charge on any atom is 0.407 e. The minimum Gasteiger partial charge on any atom is -0.445 e. The van der Waals surface area contributed by atoms with Crippen molar-refractivity contribution in [2.45, 2.75) is 31.9 Å². The maximum absolute atomic E-state index is 11.7. The van der Waals surface area contributed by atoms with Crippen LogP contribution in [0.15, 0.2) is 30.3 Å². The summed E-state index contributed by atoms with van der Waals surface area (Å²) in [7, 11) is 0. The van der Waals surface area contributed by atoms with Gasteiger partial charge in [-0.05, 0) is 18.4 Å². The van der Waals surface area contributed by atoms with Crippen LogP contribution in [0.1, 0.15) is 35.2 Å². The van der Waals surface area contributed by atoms with E-state index < -0.39 is 6.09 Å². The number of hydrogen-bond acceptors (Lipinski definition) is 6. The molecule has 1 aromatic carbocycles. The molecule has 2 heterocycles. The highest BCUT2D eigenvalue weighted by atomic mass is 32.1. The molecule has 0 aliphatic heterocycles. The van der Waals surface area contributed by atoms with Gasteiger partial charge in [-0.1, -0.05) is 41.7 Å². The van der Waals surface area contributed by atoms with Gasteiger partial charge in [-0.2, -0.15) is 9.61 Å². The van der Waals surface area contributed by atoms with Crippen LogP contribution in [0.25, 0.3) is 4.96 Å². The molecule has 23 heavy (non-hydrogen) atoms. The van der Waals surface area contributed by atoms with Crippen molar-refractivity contribution in [2.75, 3.05) is 0 Å². The fourth-order valence-corrected chi connectivity index (χ4v) is 3.04. The molecule has 0 saturated heterocycles. The summed E-state index contributed by atoms with van der Waals surface area (Å²) in [5.74, 6) is 1.41. The van der Waals surface area contributed by atoms with Gasteiger partial charge in [0, 0.05) is 5.92 Å². The highest BCUT2D eigenvalue weighted by Crippen LogP contribution is 2.39. The Balaban J connectivity index is 1.32. The van der Waals surface area contributed by atoms with E-state index in [1.54, 1.807) is 4.52 Å². The molecule has 0 bridgehead atoms. The predicted molar refractivity (Wildman–Crippen MR) is 84.1 cm³/mol. The van der Waals surface area contributed by atoms with Gasteiger partial charge in [0.05, 0.1) is 6.54 Å². The summed E-state index contributed by atoms with van der Waals surface area (Å²) >= 11 is 1.43. The Morgan fingerprint density at radius 2 is 2.13 bits per heavy atom. The molecule has 1 aliphatic rings. The molecule has 1 fully saturated rings. The molecule has 4 rings (SSSR count). The fraction of sp³-hybridized carbons (Fsp3) is 0.333. The van der Waals surface area contributed by atoms with Crippen molar-refractivity contribution in [3.63, 3.8) is 0 Å². The molecule has 0 radical (unpaired) electrons. The summed E-state index contributed by atoms with van der Waals surface area (Å²) in [6.45, 7) is 0.579. The van der Waals surface area contributed by atoms with Crippen LogP contribution in [0.5, 0.6) is 0 Å². The van der Waals surface area contributed by atoms with Crippen LogP contribution in [0.3, 0.4) is 0 Å². The Morgan fingerprint density at radius 1 is 1.30 bits per heavy atom. The fourth-order valence-electron chi connectivity index (χ4n) is 2.26. The molecule has 8 heteroatoms. The van der Waals surface area contributed by atoms with E-state index in [0.29, 0.717) is 12.5 Å². The van der Waals surface area contributed by atoms with Crippen molar-refractivity contribution in [3.8, 4) is 0 Å². The van der Waals surface area contributed by atoms with Crippen LogP contribution >= 0.6 is 11.3 Å². The largest absolute Gasteiger partial charge is 0.445 e. The number of nitrogens with zero attached hydrogens (tertiary/aromatic N) is 4. The summed E-state index contributed by atoms with van der Waals surface area (Å²) in [6.07, 6.45) is 1.84. The molecule has 0 atom stereocenters. The Hall–Kier alpha value is -2.48. The second-order valence-electron chi connectivity index (χ2n) is 5.44. The SMILES string of the molecule is O=C(NCc1nn2c(C3CC3)nnc2s1)OCc1ccccc1. The van der Waals surface area contributed by atoms with Gasteiger partial charge < -0.3 is 10.1 Å². The third-order valence-corrected chi connectivity index (χ3v) is 4.49. The van der Waals surface area contributed by atoms with E-state index in [1.165, 1.54) is 11.3 Å². The quantitative estimate of drug-likeness (QED) is 0.778. The lowest BCUT2D eigenvalue weighted by atomic mass is 10.2. The number of carbonyl (C=O) groups is 1. The number of rotatable bonds is 5. The second kappa shape index (κ2) is 5.96. The van der Waals surface area contributed by atoms with Crippen LogP contribution in [-0.2, 0) is 17.9 Å². The lowest BCUT2D eigenvalue weighted by Crippen LogP contribution is -2.23. The summed E-state index contributed by atoms with van der Waals surface area (Å²) in [6, 6.07) is 9.57. The lowest BCUT2D eigenvalue weighted by molar-refractivity contribution is 0.139. The molecule has 1 saturated carbocycles. The summed E-state index contributed by atoms with van der Waals surface area (Å²) in [4.78, 5) is 12.5. The van der Waals surface area contributed by atoms with Crippen LogP contribution in [-0.4, -0.2) is 25.9 Å². The van der Waals surface area contributed by atoms with Gasteiger partial charge >= 0.3 is 6.09 Å². The first-order chi connectivity index (χ1) is 11.3. The van der Waals surface area contributed by atoms with Crippen LogP contribution < -0.4 is 5.32 Å². The van der Waals surface area contributed by atoms with Gasteiger partial charge in [0.1, 0.15) is 11.6 Å². The molecule has 118 valence electrons. The topological polar surface area (TPSA) is 81.4 Å². The van der Waals surface area contributed by atoms with E-state index in [2.05, 4.69) is 20.6 Å². The second-order valence-corrected chi connectivity index (χ2v) is 6.48. The summed E-state index contributed by atoms with van der Waals surface area (Å²) in [5, 5.41) is 16.3. The Labute approximate surface area is 136 Å². The van der Waals surface area contributed by atoms with Crippen molar-refractivity contribution in [1.82, 2.24) is 25.1 Å². The zero-order chi connectivity index (χ0) is 15.6. The monoisotopic (exact) mass is 329 g/mol. The Kier molecular flexibility index (Phi) is 3.66. The third kappa shape index (κ3) is 3.16. The number of benzene rings is 1. The number of alkyl carbamates (subject to hydrolysis) is 1. The minimum absolute atomic E-state index is 0.254. The number of nitrogens with one attached hydrogen (secondary N) is 1. The molecular formula is C15H15N5O2S. The Bertz CT molecular complexity index is 825. The predicted octanol–water partition coefficient (Wildman–Crippen LogP) is 2.49. The summed E-state index contributed by atoms with van der Waals surface area (Å²) < 4.78 is 6.96. The van der Waals surface area contributed by atoms with Crippen LogP contribution in [0.2, 0.25) is 0 Å². The van der Waals surface area contributed by atoms with Crippen molar-refractivity contribution >= 4 is 22.4 Å². The standard InChI is InChI=1S/C15H15N5O2S/c21-15(22-9-10-4-2-1-3-5-10)16-8-12-19-20-13(11-6-7-11)17-18-14(20)23-12/h1-5,11H,6-9H2,(H,16,21). The number of amides is 1. The molecule has 1 N–H and O–H groups in total. The van der Waals surface area contributed by atoms with Crippen LogP contribution in [0.4, 0.5) is 4.79 Å². The van der Waals surface area contributed by atoms with Crippen molar-refractivity contribution < 1.29 is 9.53 Å². The van der Waals surface area contributed by atoms with Crippen molar-refractivity contribution in [2.24, 2.45) is 0 Å². The van der Waals surface area contributed by atoms with Gasteiger partial charge in [0.15, 0.2) is 5.82 Å². The zero-order valence-electron chi connectivity index (χ0n) is 12.3. The number of hydrogen-bond donors (Lipinski definition) is 1. The first-order valence-electron chi connectivity index (χ1n) is 7.45. The molecule has 0 spiro atoms. The van der Waals surface area contributed by atoms with E-state index in [-0.39, 0.29) is 6.61 Å². The van der Waals surface area contributed by atoms with E-state index in [0.717, 1.165) is 34.2 Å². The minimum atomic E-state index is -0.456. The van der Waals surface area contributed by atoms with Gasteiger partial charge in [-0.25, -0.2) is 4.79 Å². The molecule has 7 nitrogen and oxygen atoms in total. The van der Waals surface area contributed by atoms with Gasteiger partial charge in [0.25, 0.3) is 0 Å². The first-order valence-corrected chi connectivity index (χ1v) is 8.27. The first kappa shape index (κ1) is 14.1. The molecular weight excluding hydrogens is 314 g/mol. The molecule has 3 aromatic rings. The van der Waals surface area contributed by atoms with Gasteiger partial charge in [-0.15, -0.1) is 10.2 Å². The maximum atomic E-state index is 11.7. The number of aromatic nitrogens is 4. The summed E-state index contributed by atoms with van der Waals surface area (Å²) in [5.41, 5.74) is 0.954. The number of carbonyl (C=O) groups excluding carboxylic acids is 1. The Morgan fingerprint density at radius 3 is 2.91 bits per heavy atom. The smallest absolute Gasteiger partial charge is 0.407 e. The van der Waals surface area contributed by atoms with Crippen molar-refractivity contribution in [3.05, 3.63) is 46.7 Å². The van der Waals surface area contributed by atoms with E-state index >= 15 is 0 Å². The van der Waals surface area contributed by atoms with Gasteiger partial charge in [0.2, 0.25) is 4.96 Å². The highest BCUT2D eigenvalue weighted by molar-refractivity contribution is 7.16. The van der Waals surface area contributed by atoms with E-state index in [1.807, 2.05) is 30.3 Å². The zero-order valence-corrected chi connectivity index (χ0v) is 13.1. The molecule has 2 aromatic heterocycles. The van der Waals surface area contributed by atoms with Crippen LogP contribution in [0, 0.1) is 0 Å². The molecule has 1 aliphatic carbocycles. The molecule has 1 amide bonds. The number of ether oxygens (including phenoxy) is 1. The number of fused-ring (bicyclic) bond motifs is 1. The lowest BCUT2D eigenvalue weighted by Gasteiger charge is -2.05. The van der Waals surface area contributed by atoms with Gasteiger partial charge in [-0.3, -0.25) is 0 Å². The van der Waals surface area contributed by atoms with E-state index in [4.69, 9.17) is 4.74 Å². The van der Waals surface area contributed by atoms with Crippen molar-refractivity contribution in [1.29, 1.82) is 0 Å². The third-order valence-electron chi connectivity index (χ3n) is 3.60.